The molecule has 0 spiro atoms. The summed E-state index contributed by atoms with van der Waals surface area (Å²) in [5.41, 5.74) is 1.56. The van der Waals surface area contributed by atoms with Gasteiger partial charge in [0.15, 0.2) is 0 Å². The number of amides is 1. The summed E-state index contributed by atoms with van der Waals surface area (Å²) in [5, 5.41) is 0. The number of carbonyl (C=O) groups is 1. The lowest BCUT2D eigenvalue weighted by Crippen LogP contribution is -2.49. The molecule has 26 heavy (non-hydrogen) atoms. The van der Waals surface area contributed by atoms with Crippen LogP contribution in [-0.4, -0.2) is 63.9 Å². The predicted octanol–water partition coefficient (Wildman–Crippen LogP) is 2.10. The molecule has 0 saturated carbocycles. The van der Waals surface area contributed by atoms with Crippen LogP contribution in [0.2, 0.25) is 0 Å². The molecule has 1 N–H and O–H groups in total. The number of benzene rings is 1. The van der Waals surface area contributed by atoms with Crippen LogP contribution < -0.4 is 4.72 Å². The van der Waals surface area contributed by atoms with Crippen LogP contribution in [0.1, 0.15) is 43.1 Å². The average molecular weight is 382 g/mol. The molecular formula is C19H31N3O3S. The fourth-order valence-corrected chi connectivity index (χ4v) is 3.71. The van der Waals surface area contributed by atoms with Gasteiger partial charge in [0.2, 0.25) is 10.0 Å². The van der Waals surface area contributed by atoms with E-state index >= 15 is 0 Å². The second-order valence-corrected chi connectivity index (χ2v) is 10.0. The van der Waals surface area contributed by atoms with E-state index in [0.29, 0.717) is 24.1 Å². The van der Waals surface area contributed by atoms with E-state index in [9.17, 15) is 13.2 Å². The van der Waals surface area contributed by atoms with Gasteiger partial charge in [-0.15, -0.1) is 0 Å². The summed E-state index contributed by atoms with van der Waals surface area (Å²) in [6.45, 7) is 12.6. The highest BCUT2D eigenvalue weighted by Gasteiger charge is 2.25. The molecule has 1 aliphatic heterocycles. The minimum absolute atomic E-state index is 0.0916. The van der Waals surface area contributed by atoms with E-state index in [1.165, 1.54) is 19.2 Å². The smallest absolute Gasteiger partial charge is 0.254 e. The number of carbonyl (C=O) groups excluding carboxylic acids is 1. The van der Waals surface area contributed by atoms with Gasteiger partial charge in [0, 0.05) is 31.7 Å². The molecule has 0 bridgehead atoms. The van der Waals surface area contributed by atoms with Crippen molar-refractivity contribution in [2.24, 2.45) is 5.41 Å². The zero-order valence-electron chi connectivity index (χ0n) is 16.5. The summed E-state index contributed by atoms with van der Waals surface area (Å²) in [4.78, 5) is 17.2. The van der Waals surface area contributed by atoms with E-state index in [1.54, 1.807) is 6.07 Å². The van der Waals surface area contributed by atoms with Crippen molar-refractivity contribution in [1.29, 1.82) is 0 Å². The first-order valence-corrected chi connectivity index (χ1v) is 10.6. The topological polar surface area (TPSA) is 69.7 Å². The van der Waals surface area contributed by atoms with E-state index in [2.05, 4.69) is 30.4 Å². The first-order chi connectivity index (χ1) is 12.0. The van der Waals surface area contributed by atoms with Gasteiger partial charge in [-0.05, 0) is 50.0 Å². The molecule has 1 fully saturated rings. The van der Waals surface area contributed by atoms with Gasteiger partial charge >= 0.3 is 0 Å². The van der Waals surface area contributed by atoms with Crippen LogP contribution in [0.5, 0.6) is 0 Å². The molecule has 1 aromatic rings. The van der Waals surface area contributed by atoms with Crippen LogP contribution >= 0.6 is 0 Å². The molecule has 7 heteroatoms. The Hall–Kier alpha value is -1.44. The number of hydrogen-bond donors (Lipinski definition) is 1. The number of aryl methyl sites for hydroxylation is 1. The van der Waals surface area contributed by atoms with Crippen molar-refractivity contribution in [3.05, 3.63) is 29.3 Å². The minimum atomic E-state index is -3.56. The number of nitrogens with one attached hydrogen (secondary N) is 1. The molecule has 6 nitrogen and oxygen atoms in total. The number of hydrogen-bond acceptors (Lipinski definition) is 4. The molecule has 1 amide bonds. The first kappa shape index (κ1) is 20.9. The van der Waals surface area contributed by atoms with Gasteiger partial charge in [-0.1, -0.05) is 26.8 Å². The largest absolute Gasteiger partial charge is 0.336 e. The zero-order valence-corrected chi connectivity index (χ0v) is 17.3. The standard InChI is InChI=1S/C19H31N3O3S/c1-15-6-7-16(26(24,25)20-5)14-17(15)18(23)22-12-10-21(11-13-22)9-8-19(2,3)4/h6-7,14,20H,8-13H2,1-5H3. The van der Waals surface area contributed by atoms with Crippen molar-refractivity contribution >= 4 is 15.9 Å². The van der Waals surface area contributed by atoms with Gasteiger partial charge in [0.05, 0.1) is 4.90 Å². The molecule has 0 radical (unpaired) electrons. The Labute approximate surface area is 157 Å². The summed E-state index contributed by atoms with van der Waals surface area (Å²) in [7, 11) is -2.19. The van der Waals surface area contributed by atoms with Crippen molar-refractivity contribution in [2.45, 2.75) is 39.0 Å². The SMILES string of the molecule is CNS(=O)(=O)c1ccc(C)c(C(=O)N2CCN(CCC(C)(C)C)CC2)c1. The normalized spacial score (nSPS) is 16.7. The predicted molar refractivity (Wildman–Crippen MR) is 104 cm³/mol. The minimum Gasteiger partial charge on any atom is -0.336 e. The highest BCUT2D eigenvalue weighted by molar-refractivity contribution is 7.89. The van der Waals surface area contributed by atoms with Gasteiger partial charge < -0.3 is 4.90 Å². The maximum atomic E-state index is 12.9. The second kappa shape index (κ2) is 8.06. The molecule has 0 unspecified atom stereocenters. The molecule has 1 saturated heterocycles. The van der Waals surface area contributed by atoms with Crippen molar-refractivity contribution in [3.63, 3.8) is 0 Å². The molecule has 0 aromatic heterocycles. The Balaban J connectivity index is 2.06. The van der Waals surface area contributed by atoms with Gasteiger partial charge in [-0.3, -0.25) is 9.69 Å². The molecule has 1 aliphatic rings. The van der Waals surface area contributed by atoms with Crippen molar-refractivity contribution in [3.8, 4) is 0 Å². The lowest BCUT2D eigenvalue weighted by Gasteiger charge is -2.36. The van der Waals surface area contributed by atoms with Gasteiger partial charge in [-0.2, -0.15) is 0 Å². The molecule has 0 atom stereocenters. The van der Waals surface area contributed by atoms with Gasteiger partial charge in [0.25, 0.3) is 5.91 Å². The molecule has 0 aliphatic carbocycles. The zero-order chi connectivity index (χ0) is 19.5. The van der Waals surface area contributed by atoms with Crippen molar-refractivity contribution in [2.75, 3.05) is 39.8 Å². The summed E-state index contributed by atoms with van der Waals surface area (Å²) in [5.74, 6) is -0.0916. The summed E-state index contributed by atoms with van der Waals surface area (Å²) < 4.78 is 26.3. The van der Waals surface area contributed by atoms with Crippen LogP contribution in [0.4, 0.5) is 0 Å². The Morgan fingerprint density at radius 3 is 2.31 bits per heavy atom. The first-order valence-electron chi connectivity index (χ1n) is 9.09. The molecule has 1 aromatic carbocycles. The van der Waals surface area contributed by atoms with Crippen LogP contribution in [0.15, 0.2) is 23.1 Å². The summed E-state index contributed by atoms with van der Waals surface area (Å²) in [6, 6.07) is 4.70. The van der Waals surface area contributed by atoms with Crippen LogP contribution in [-0.2, 0) is 10.0 Å². The summed E-state index contributed by atoms with van der Waals surface area (Å²) in [6.07, 6.45) is 1.13. The Morgan fingerprint density at radius 2 is 1.77 bits per heavy atom. The maximum absolute atomic E-state index is 12.9. The van der Waals surface area contributed by atoms with E-state index in [4.69, 9.17) is 0 Å². The molecule has 1 heterocycles. The van der Waals surface area contributed by atoms with E-state index in [1.807, 2.05) is 11.8 Å². The number of nitrogens with zero attached hydrogens (tertiary/aromatic N) is 2. The fourth-order valence-electron chi connectivity index (χ4n) is 2.95. The number of sulfonamides is 1. The Morgan fingerprint density at radius 1 is 1.15 bits per heavy atom. The maximum Gasteiger partial charge on any atom is 0.254 e. The van der Waals surface area contributed by atoms with E-state index in [0.717, 1.165) is 31.6 Å². The summed E-state index contributed by atoms with van der Waals surface area (Å²) >= 11 is 0. The monoisotopic (exact) mass is 381 g/mol. The van der Waals surface area contributed by atoms with Crippen molar-refractivity contribution in [1.82, 2.24) is 14.5 Å². The third-order valence-electron chi connectivity index (χ3n) is 4.86. The lowest BCUT2D eigenvalue weighted by molar-refractivity contribution is 0.0622. The quantitative estimate of drug-likeness (QED) is 0.848. The van der Waals surface area contributed by atoms with Crippen LogP contribution in [0.3, 0.4) is 0 Å². The number of rotatable bonds is 5. The third kappa shape index (κ3) is 5.28. The van der Waals surface area contributed by atoms with E-state index in [-0.39, 0.29) is 10.8 Å². The van der Waals surface area contributed by atoms with Crippen LogP contribution in [0.25, 0.3) is 0 Å². The lowest BCUT2D eigenvalue weighted by atomic mass is 9.92. The van der Waals surface area contributed by atoms with Gasteiger partial charge in [0.1, 0.15) is 0 Å². The molecule has 146 valence electrons. The van der Waals surface area contributed by atoms with E-state index < -0.39 is 10.0 Å². The third-order valence-corrected chi connectivity index (χ3v) is 6.27. The van der Waals surface area contributed by atoms with Crippen LogP contribution in [0, 0.1) is 12.3 Å². The molecular weight excluding hydrogens is 350 g/mol. The molecule has 2 rings (SSSR count). The van der Waals surface area contributed by atoms with Crippen molar-refractivity contribution < 1.29 is 13.2 Å². The second-order valence-electron chi connectivity index (χ2n) is 8.13. The van der Waals surface area contributed by atoms with Gasteiger partial charge in [-0.25, -0.2) is 13.1 Å². The highest BCUT2D eigenvalue weighted by atomic mass is 32.2. The average Bonchev–Trinajstić information content (AvgIpc) is 2.59. The highest BCUT2D eigenvalue weighted by Crippen LogP contribution is 2.21. The fraction of sp³-hybridized carbons (Fsp3) is 0.632. The Kier molecular flexibility index (Phi) is 6.47. The Bertz CT molecular complexity index is 746. The number of piperazine rings is 1.